The molecule has 34 heavy (non-hydrogen) atoms. The van der Waals surface area contributed by atoms with Crippen LogP contribution in [0.4, 0.5) is 5.69 Å². The van der Waals surface area contributed by atoms with E-state index in [4.69, 9.17) is 15.7 Å². The molecule has 10 nitrogen and oxygen atoms in total. The Morgan fingerprint density at radius 2 is 1.71 bits per heavy atom. The average Bonchev–Trinajstić information content (AvgIpc) is 2.82. The molecule has 0 fully saturated rings. The van der Waals surface area contributed by atoms with Crippen LogP contribution in [0.5, 0.6) is 11.5 Å². The predicted octanol–water partition coefficient (Wildman–Crippen LogP) is 1.90. The highest BCUT2D eigenvalue weighted by Crippen LogP contribution is 2.29. The summed E-state index contributed by atoms with van der Waals surface area (Å²) in [6.07, 6.45) is 0. The van der Waals surface area contributed by atoms with Crippen molar-refractivity contribution in [1.29, 1.82) is 0 Å². The highest BCUT2D eigenvalue weighted by Gasteiger charge is 2.24. The number of para-hydroxylation sites is 1. The first-order valence-corrected chi connectivity index (χ1v) is 11.5. The lowest BCUT2D eigenvalue weighted by atomic mass is 10.1. The van der Waals surface area contributed by atoms with Crippen LogP contribution in [-0.2, 0) is 16.6 Å². The van der Waals surface area contributed by atoms with E-state index in [1.165, 1.54) is 24.3 Å². The number of primary sulfonamides is 1. The SMILES string of the molecule is Nn1c(=O)c(C(=O)Nc2ccc(OCc3ccccc3)cc2S(N)(=O)=O)c(O)c2ccccc21. The smallest absolute Gasteiger partial charge is 0.285 e. The molecule has 0 unspecified atom stereocenters. The standard InChI is InChI=1S/C23H20N4O6S/c24-27-18-9-5-4-8-16(18)21(28)20(23(27)30)22(29)26-17-11-10-15(12-19(17)34(25,31)32)33-13-14-6-2-1-3-7-14/h1-12,28H,13,24H2,(H,26,29)(H2,25,31,32). The first-order valence-electron chi connectivity index (χ1n) is 9.93. The third kappa shape index (κ3) is 4.42. The van der Waals surface area contributed by atoms with Crippen LogP contribution in [0.15, 0.2) is 82.5 Å². The summed E-state index contributed by atoms with van der Waals surface area (Å²) in [6.45, 7) is 0.178. The molecular formula is C23H20N4O6S. The van der Waals surface area contributed by atoms with E-state index in [-0.39, 0.29) is 28.9 Å². The first-order chi connectivity index (χ1) is 16.2. The monoisotopic (exact) mass is 480 g/mol. The van der Waals surface area contributed by atoms with Gasteiger partial charge in [0.2, 0.25) is 10.0 Å². The Morgan fingerprint density at radius 1 is 1.03 bits per heavy atom. The summed E-state index contributed by atoms with van der Waals surface area (Å²) in [5, 5.41) is 18.4. The predicted molar refractivity (Wildman–Crippen MR) is 127 cm³/mol. The second-order valence-corrected chi connectivity index (χ2v) is 8.88. The van der Waals surface area contributed by atoms with Gasteiger partial charge in [-0.25, -0.2) is 18.2 Å². The zero-order valence-corrected chi connectivity index (χ0v) is 18.5. The largest absolute Gasteiger partial charge is 0.506 e. The molecular weight excluding hydrogens is 460 g/mol. The molecule has 0 spiro atoms. The minimum atomic E-state index is -4.30. The lowest BCUT2D eigenvalue weighted by Gasteiger charge is -2.14. The summed E-state index contributed by atoms with van der Waals surface area (Å²) in [5.41, 5.74) is -0.733. The van der Waals surface area contributed by atoms with E-state index in [1.54, 1.807) is 12.1 Å². The fraction of sp³-hybridized carbons (Fsp3) is 0.0435. The van der Waals surface area contributed by atoms with Gasteiger partial charge in [0.05, 0.1) is 11.2 Å². The number of carbonyl (C=O) groups is 1. The van der Waals surface area contributed by atoms with Gasteiger partial charge in [0.25, 0.3) is 11.5 Å². The van der Waals surface area contributed by atoms with Crippen LogP contribution in [0, 0.1) is 0 Å². The van der Waals surface area contributed by atoms with Gasteiger partial charge < -0.3 is 21.0 Å². The number of carbonyl (C=O) groups excluding carboxylic acids is 1. The molecule has 0 radical (unpaired) electrons. The van der Waals surface area contributed by atoms with E-state index >= 15 is 0 Å². The number of sulfonamides is 1. The molecule has 0 saturated carbocycles. The van der Waals surface area contributed by atoms with Gasteiger partial charge in [0.15, 0.2) is 0 Å². The molecule has 4 aromatic rings. The Bertz CT molecular complexity index is 1570. The summed E-state index contributed by atoms with van der Waals surface area (Å²) in [7, 11) is -4.30. The molecule has 0 bridgehead atoms. The van der Waals surface area contributed by atoms with Crippen molar-refractivity contribution in [2.45, 2.75) is 11.5 Å². The minimum Gasteiger partial charge on any atom is -0.506 e. The molecule has 0 aliphatic carbocycles. The van der Waals surface area contributed by atoms with Gasteiger partial charge in [-0.3, -0.25) is 9.59 Å². The lowest BCUT2D eigenvalue weighted by Crippen LogP contribution is -2.34. The molecule has 0 aliphatic heterocycles. The highest BCUT2D eigenvalue weighted by molar-refractivity contribution is 7.89. The van der Waals surface area contributed by atoms with Gasteiger partial charge >= 0.3 is 0 Å². The molecule has 0 saturated heterocycles. The van der Waals surface area contributed by atoms with Gasteiger partial charge in [-0.15, -0.1) is 0 Å². The van der Waals surface area contributed by atoms with Crippen molar-refractivity contribution in [2.24, 2.45) is 5.14 Å². The Morgan fingerprint density at radius 3 is 2.41 bits per heavy atom. The van der Waals surface area contributed by atoms with E-state index in [0.29, 0.717) is 0 Å². The Kier molecular flexibility index (Phi) is 5.97. The molecule has 0 aliphatic rings. The number of nitrogens with one attached hydrogen (secondary N) is 1. The van der Waals surface area contributed by atoms with Gasteiger partial charge in [-0.05, 0) is 29.8 Å². The van der Waals surface area contributed by atoms with Gasteiger partial charge in [0.1, 0.15) is 28.6 Å². The van der Waals surface area contributed by atoms with Gasteiger partial charge in [-0.1, -0.05) is 42.5 Å². The van der Waals surface area contributed by atoms with Crippen LogP contribution in [0.1, 0.15) is 15.9 Å². The fourth-order valence-electron chi connectivity index (χ4n) is 3.41. The molecule has 1 aromatic heterocycles. The van der Waals surface area contributed by atoms with Crippen LogP contribution >= 0.6 is 0 Å². The summed E-state index contributed by atoms with van der Waals surface area (Å²) in [5.74, 6) is 4.35. The molecule has 3 aromatic carbocycles. The maximum atomic E-state index is 12.9. The van der Waals surface area contributed by atoms with Crippen molar-refractivity contribution in [2.75, 3.05) is 11.2 Å². The number of fused-ring (bicyclic) bond motifs is 1. The van der Waals surface area contributed by atoms with Crippen molar-refractivity contribution in [1.82, 2.24) is 4.68 Å². The number of aromatic hydroxyl groups is 1. The molecule has 174 valence electrons. The van der Waals surface area contributed by atoms with E-state index in [0.717, 1.165) is 16.3 Å². The van der Waals surface area contributed by atoms with E-state index in [1.807, 2.05) is 30.3 Å². The number of aromatic nitrogens is 1. The highest BCUT2D eigenvalue weighted by atomic mass is 32.2. The van der Waals surface area contributed by atoms with E-state index in [2.05, 4.69) is 5.32 Å². The number of nitrogens with two attached hydrogens (primary N) is 2. The number of anilines is 1. The molecule has 4 rings (SSSR count). The Labute approximate surface area is 194 Å². The van der Waals surface area contributed by atoms with Crippen molar-refractivity contribution < 1.29 is 23.1 Å². The van der Waals surface area contributed by atoms with Crippen LogP contribution < -0.4 is 26.6 Å². The maximum Gasteiger partial charge on any atom is 0.285 e. The quantitative estimate of drug-likeness (QED) is 0.306. The number of pyridine rings is 1. The summed E-state index contributed by atoms with van der Waals surface area (Å²) < 4.78 is 30.8. The summed E-state index contributed by atoms with van der Waals surface area (Å²) in [4.78, 5) is 25.1. The Balaban J connectivity index is 1.69. The number of benzene rings is 3. The fourth-order valence-corrected chi connectivity index (χ4v) is 4.12. The molecule has 6 N–H and O–H groups in total. The summed E-state index contributed by atoms with van der Waals surface area (Å²) in [6, 6.07) is 19.3. The molecule has 11 heteroatoms. The number of nitrogens with zero attached hydrogens (tertiary/aromatic N) is 1. The van der Waals surface area contributed by atoms with E-state index < -0.39 is 37.7 Å². The van der Waals surface area contributed by atoms with Crippen molar-refractivity contribution >= 4 is 32.5 Å². The molecule has 1 heterocycles. The maximum absolute atomic E-state index is 12.9. The average molecular weight is 481 g/mol. The number of nitrogen functional groups attached to an aromatic ring is 1. The minimum absolute atomic E-state index is 0.172. The number of hydrogen-bond acceptors (Lipinski definition) is 7. The van der Waals surface area contributed by atoms with Crippen molar-refractivity contribution in [3.63, 3.8) is 0 Å². The lowest BCUT2D eigenvalue weighted by molar-refractivity contribution is 0.102. The number of ether oxygens (including phenoxy) is 1. The van der Waals surface area contributed by atoms with Gasteiger partial charge in [-0.2, -0.15) is 0 Å². The van der Waals surface area contributed by atoms with Crippen molar-refractivity contribution in [3.8, 4) is 11.5 Å². The molecule has 1 amide bonds. The zero-order chi connectivity index (χ0) is 24.5. The molecule has 0 atom stereocenters. The van der Waals surface area contributed by atoms with Crippen LogP contribution in [0.25, 0.3) is 10.9 Å². The van der Waals surface area contributed by atoms with Gasteiger partial charge in [0, 0.05) is 11.5 Å². The van der Waals surface area contributed by atoms with Crippen LogP contribution in [-0.4, -0.2) is 24.1 Å². The van der Waals surface area contributed by atoms with Crippen molar-refractivity contribution in [3.05, 3.63) is 94.3 Å². The third-order valence-corrected chi connectivity index (χ3v) is 6.02. The van der Waals surface area contributed by atoms with Crippen LogP contribution in [0.3, 0.4) is 0 Å². The Hall–Kier alpha value is -4.35. The topological polar surface area (TPSA) is 167 Å². The number of amides is 1. The third-order valence-electron chi connectivity index (χ3n) is 5.07. The summed E-state index contributed by atoms with van der Waals surface area (Å²) >= 11 is 0. The number of rotatable bonds is 6. The zero-order valence-electron chi connectivity index (χ0n) is 17.6. The number of hydrogen-bond donors (Lipinski definition) is 4. The second-order valence-electron chi connectivity index (χ2n) is 7.35. The normalized spacial score (nSPS) is 11.3. The second kappa shape index (κ2) is 8.89. The first kappa shape index (κ1) is 22.8. The van der Waals surface area contributed by atoms with Crippen LogP contribution in [0.2, 0.25) is 0 Å². The van der Waals surface area contributed by atoms with E-state index in [9.17, 15) is 23.1 Å².